The summed E-state index contributed by atoms with van der Waals surface area (Å²) >= 11 is 0. The van der Waals surface area contributed by atoms with Gasteiger partial charge >= 0.3 is 5.97 Å². The van der Waals surface area contributed by atoms with Gasteiger partial charge in [0.25, 0.3) is 0 Å². The molecule has 0 bridgehead atoms. The molecule has 1 aliphatic heterocycles. The highest BCUT2D eigenvalue weighted by Crippen LogP contribution is 2.29. The van der Waals surface area contributed by atoms with Crippen molar-refractivity contribution in [1.29, 1.82) is 0 Å². The van der Waals surface area contributed by atoms with Crippen LogP contribution < -0.4 is 10.6 Å². The number of nitrogens with zero attached hydrogens (tertiary/aromatic N) is 2. The van der Waals surface area contributed by atoms with E-state index in [0.717, 1.165) is 38.3 Å². The van der Waals surface area contributed by atoms with Crippen LogP contribution in [0.25, 0.3) is 0 Å². The van der Waals surface area contributed by atoms with Crippen LogP contribution in [0.5, 0.6) is 0 Å². The van der Waals surface area contributed by atoms with E-state index in [4.69, 9.17) is 10.5 Å². The zero-order valence-electron chi connectivity index (χ0n) is 13.1. The van der Waals surface area contributed by atoms with Crippen molar-refractivity contribution < 1.29 is 9.53 Å². The normalized spacial score (nSPS) is 18.3. The molecular formula is C16H25N3O2. The predicted octanol–water partition coefficient (Wildman–Crippen LogP) is 1.98. The van der Waals surface area contributed by atoms with Crippen LogP contribution in [0.15, 0.2) is 18.2 Å². The van der Waals surface area contributed by atoms with Gasteiger partial charge in [-0.1, -0.05) is 13.8 Å². The first-order chi connectivity index (χ1) is 10.1. The second-order valence-electron chi connectivity index (χ2n) is 5.37. The number of carbonyl (C=O) groups is 1. The van der Waals surface area contributed by atoms with Gasteiger partial charge in [0.15, 0.2) is 0 Å². The van der Waals surface area contributed by atoms with Crippen LogP contribution in [0.4, 0.5) is 11.4 Å². The average molecular weight is 291 g/mol. The van der Waals surface area contributed by atoms with Crippen LogP contribution in [-0.2, 0) is 4.74 Å². The summed E-state index contributed by atoms with van der Waals surface area (Å²) in [6, 6.07) is 5.89. The Morgan fingerprint density at radius 1 is 1.43 bits per heavy atom. The van der Waals surface area contributed by atoms with Gasteiger partial charge in [-0.15, -0.1) is 0 Å². The molecule has 5 nitrogen and oxygen atoms in total. The first-order valence-electron chi connectivity index (χ1n) is 7.57. The van der Waals surface area contributed by atoms with Crippen LogP contribution in [0.2, 0.25) is 0 Å². The fraction of sp³-hybridized carbons (Fsp3) is 0.562. The molecule has 2 N–H and O–H groups in total. The predicted molar refractivity (Wildman–Crippen MR) is 85.7 cm³/mol. The molecule has 5 heteroatoms. The molecule has 0 spiro atoms. The molecule has 0 aromatic heterocycles. The molecule has 0 saturated carbocycles. The van der Waals surface area contributed by atoms with Crippen LogP contribution >= 0.6 is 0 Å². The van der Waals surface area contributed by atoms with Crippen LogP contribution in [0.3, 0.4) is 0 Å². The van der Waals surface area contributed by atoms with Crippen molar-refractivity contribution in [1.82, 2.24) is 4.90 Å². The third kappa shape index (κ3) is 3.29. The van der Waals surface area contributed by atoms with E-state index in [9.17, 15) is 4.79 Å². The van der Waals surface area contributed by atoms with Crippen LogP contribution in [-0.4, -0.2) is 50.2 Å². The number of nitrogens with two attached hydrogens (primary N) is 1. The third-order valence-electron chi connectivity index (χ3n) is 4.28. The van der Waals surface area contributed by atoms with E-state index >= 15 is 0 Å². The van der Waals surface area contributed by atoms with E-state index in [-0.39, 0.29) is 5.97 Å². The lowest BCUT2D eigenvalue weighted by atomic mass is 10.1. The number of rotatable bonds is 5. The van der Waals surface area contributed by atoms with Gasteiger partial charge < -0.3 is 15.4 Å². The first-order valence-corrected chi connectivity index (χ1v) is 7.57. The number of hydrogen-bond acceptors (Lipinski definition) is 5. The molecule has 0 amide bonds. The summed E-state index contributed by atoms with van der Waals surface area (Å²) in [5.41, 5.74) is 8.29. The van der Waals surface area contributed by atoms with Crippen molar-refractivity contribution >= 4 is 17.3 Å². The molecule has 1 aromatic carbocycles. The molecule has 1 unspecified atom stereocenters. The summed E-state index contributed by atoms with van der Waals surface area (Å²) in [4.78, 5) is 16.4. The number of benzene rings is 1. The van der Waals surface area contributed by atoms with E-state index in [2.05, 4.69) is 23.6 Å². The second-order valence-corrected chi connectivity index (χ2v) is 5.37. The van der Waals surface area contributed by atoms with Gasteiger partial charge in [-0.3, -0.25) is 4.90 Å². The van der Waals surface area contributed by atoms with Crippen LogP contribution in [0.1, 0.15) is 30.6 Å². The van der Waals surface area contributed by atoms with E-state index in [0.29, 0.717) is 17.3 Å². The number of anilines is 2. The Bertz CT molecular complexity index is 500. The number of hydrogen-bond donors (Lipinski definition) is 1. The molecule has 1 aliphatic rings. The maximum atomic E-state index is 11.7. The standard InChI is InChI=1S/C16H25N3O2/c1-4-18(5-2)13-8-9-19(11-13)15-10-12(16(20)21-3)6-7-14(15)17/h6-7,10,13H,4-5,8-9,11,17H2,1-3H3. The van der Waals surface area contributed by atoms with Crippen molar-refractivity contribution in [3.8, 4) is 0 Å². The van der Waals surface area contributed by atoms with E-state index < -0.39 is 0 Å². The van der Waals surface area contributed by atoms with E-state index in [1.54, 1.807) is 12.1 Å². The number of methoxy groups -OCH3 is 1. The maximum absolute atomic E-state index is 11.7. The van der Waals surface area contributed by atoms with E-state index in [1.165, 1.54) is 7.11 Å². The second kappa shape index (κ2) is 6.80. The van der Waals surface area contributed by atoms with Gasteiger partial charge in [-0.05, 0) is 37.7 Å². The van der Waals surface area contributed by atoms with Crippen molar-refractivity contribution in [3.05, 3.63) is 23.8 Å². The summed E-state index contributed by atoms with van der Waals surface area (Å²) in [6.45, 7) is 8.43. The van der Waals surface area contributed by atoms with Gasteiger partial charge in [0.05, 0.1) is 24.0 Å². The largest absolute Gasteiger partial charge is 0.465 e. The number of ether oxygens (including phenoxy) is 1. The zero-order chi connectivity index (χ0) is 15.4. The Labute approximate surface area is 126 Å². The average Bonchev–Trinajstić information content (AvgIpc) is 2.98. The van der Waals surface area contributed by atoms with Crippen molar-refractivity contribution in [2.75, 3.05) is 43.9 Å². The van der Waals surface area contributed by atoms with Crippen molar-refractivity contribution in [3.63, 3.8) is 0 Å². The number of likely N-dealkylation sites (N-methyl/N-ethyl adjacent to an activating group) is 1. The molecule has 2 rings (SSSR count). The van der Waals surface area contributed by atoms with Gasteiger partial charge in [-0.25, -0.2) is 4.79 Å². The highest BCUT2D eigenvalue weighted by molar-refractivity contribution is 5.92. The Morgan fingerprint density at radius 3 is 2.76 bits per heavy atom. The Morgan fingerprint density at radius 2 is 2.14 bits per heavy atom. The van der Waals surface area contributed by atoms with Gasteiger partial charge in [0.2, 0.25) is 0 Å². The Kier molecular flexibility index (Phi) is 5.07. The number of nitrogen functional groups attached to an aromatic ring is 1. The minimum Gasteiger partial charge on any atom is -0.465 e. The Balaban J connectivity index is 2.17. The lowest BCUT2D eigenvalue weighted by Crippen LogP contribution is -2.37. The molecular weight excluding hydrogens is 266 g/mol. The lowest BCUT2D eigenvalue weighted by Gasteiger charge is -2.27. The summed E-state index contributed by atoms with van der Waals surface area (Å²) in [7, 11) is 1.39. The molecule has 116 valence electrons. The van der Waals surface area contributed by atoms with Gasteiger partial charge in [-0.2, -0.15) is 0 Å². The monoisotopic (exact) mass is 291 g/mol. The number of esters is 1. The van der Waals surface area contributed by atoms with Gasteiger partial charge in [0, 0.05) is 19.1 Å². The Hall–Kier alpha value is -1.75. The molecule has 0 radical (unpaired) electrons. The molecule has 1 fully saturated rings. The highest BCUT2D eigenvalue weighted by Gasteiger charge is 2.27. The summed E-state index contributed by atoms with van der Waals surface area (Å²) in [5.74, 6) is -0.323. The van der Waals surface area contributed by atoms with Crippen molar-refractivity contribution in [2.24, 2.45) is 0 Å². The van der Waals surface area contributed by atoms with E-state index in [1.807, 2.05) is 6.07 Å². The van der Waals surface area contributed by atoms with Crippen LogP contribution in [0, 0.1) is 0 Å². The highest BCUT2D eigenvalue weighted by atomic mass is 16.5. The first kappa shape index (κ1) is 15.6. The molecule has 0 aliphatic carbocycles. The fourth-order valence-corrected chi connectivity index (χ4v) is 3.06. The molecule has 1 heterocycles. The molecule has 1 aromatic rings. The van der Waals surface area contributed by atoms with Gasteiger partial charge in [0.1, 0.15) is 0 Å². The summed E-state index contributed by atoms with van der Waals surface area (Å²) < 4.78 is 4.78. The quantitative estimate of drug-likeness (QED) is 0.664. The summed E-state index contributed by atoms with van der Waals surface area (Å²) in [5, 5.41) is 0. The zero-order valence-corrected chi connectivity index (χ0v) is 13.1. The molecule has 1 atom stereocenters. The van der Waals surface area contributed by atoms with Crippen molar-refractivity contribution in [2.45, 2.75) is 26.3 Å². The summed E-state index contributed by atoms with van der Waals surface area (Å²) in [6.07, 6.45) is 1.13. The minimum atomic E-state index is -0.323. The maximum Gasteiger partial charge on any atom is 0.337 e. The molecule has 1 saturated heterocycles. The molecule has 21 heavy (non-hydrogen) atoms. The topological polar surface area (TPSA) is 58.8 Å². The number of carbonyl (C=O) groups excluding carboxylic acids is 1. The SMILES string of the molecule is CCN(CC)C1CCN(c2cc(C(=O)OC)ccc2N)C1. The smallest absolute Gasteiger partial charge is 0.337 e. The fourth-order valence-electron chi connectivity index (χ4n) is 3.06. The lowest BCUT2D eigenvalue weighted by molar-refractivity contribution is 0.0601. The minimum absolute atomic E-state index is 0.323. The third-order valence-corrected chi connectivity index (χ3v) is 4.28.